The van der Waals surface area contributed by atoms with E-state index in [-0.39, 0.29) is 25.7 Å². The van der Waals surface area contributed by atoms with E-state index >= 15 is 0 Å². The van der Waals surface area contributed by atoms with Crippen molar-refractivity contribution in [2.45, 2.75) is 362 Å². The van der Waals surface area contributed by atoms with Crippen LogP contribution in [0.25, 0.3) is 0 Å². The zero-order valence-corrected chi connectivity index (χ0v) is 59.0. The lowest BCUT2D eigenvalue weighted by molar-refractivity contribution is -0.161. The summed E-state index contributed by atoms with van der Waals surface area (Å²) in [5.41, 5.74) is 0. The lowest BCUT2D eigenvalue weighted by atomic mass is 10.00. The van der Waals surface area contributed by atoms with Crippen molar-refractivity contribution in [1.29, 1.82) is 0 Å². The predicted octanol–water partition coefficient (Wildman–Crippen LogP) is 19.5. The molecule has 0 rings (SSSR count). The molecular formula is C69H134O17P2. The standard InChI is InChI=1S/C69H134O17P2/c1-8-10-11-12-13-14-19-23-28-36-43-50-66(71)79-56-64(85-68(73)52-45-38-29-24-21-18-16-15-17-20-22-26-33-40-47-60(3)4)58-83-87(75,76)81-54-63(70)55-82-88(77,78)84-59-65(86-69(74)53-46-39-30-25-27-34-41-48-61(5)6)57-80-67(72)51-44-37-32-31-35-42-49-62(7)9-2/h60-65,70H,8-59H2,1-7H3,(H,75,76)(H,77,78)/t62?,63-,64-,65-/m1/s1. The molecule has 0 saturated carbocycles. The average Bonchev–Trinajstić information content (AvgIpc) is 3.62. The van der Waals surface area contributed by atoms with Crippen molar-refractivity contribution in [3.05, 3.63) is 0 Å². The SMILES string of the molecule is CCCCCCCCCCCCCC(=O)OC[C@H](COP(=O)(O)OC[C@@H](O)COP(=O)(O)OC[C@@H](COC(=O)CCCCCCCCC(C)CC)OC(=O)CCCCCCCCCC(C)C)OC(=O)CCCCCCCCCCCCCCCCC(C)C. The number of phosphoric ester groups is 2. The van der Waals surface area contributed by atoms with E-state index < -0.39 is 97.5 Å². The Morgan fingerprint density at radius 3 is 0.864 bits per heavy atom. The highest BCUT2D eigenvalue weighted by Crippen LogP contribution is 2.45. The summed E-state index contributed by atoms with van der Waals surface area (Å²) >= 11 is 0. The van der Waals surface area contributed by atoms with Gasteiger partial charge in [-0.15, -0.1) is 0 Å². The lowest BCUT2D eigenvalue weighted by Crippen LogP contribution is -2.30. The van der Waals surface area contributed by atoms with Crippen LogP contribution in [0, 0.1) is 17.8 Å². The summed E-state index contributed by atoms with van der Waals surface area (Å²) in [7, 11) is -9.90. The van der Waals surface area contributed by atoms with Gasteiger partial charge in [-0.1, -0.05) is 292 Å². The van der Waals surface area contributed by atoms with Crippen molar-refractivity contribution < 1.29 is 80.2 Å². The third kappa shape index (κ3) is 61.6. The number of aliphatic hydroxyl groups excluding tert-OH is 1. The summed E-state index contributed by atoms with van der Waals surface area (Å²) < 4.78 is 68.2. The Kier molecular flexibility index (Phi) is 58.7. The van der Waals surface area contributed by atoms with Crippen LogP contribution in [0.4, 0.5) is 0 Å². The minimum atomic E-state index is -4.95. The molecule has 88 heavy (non-hydrogen) atoms. The Labute approximate surface area is 537 Å². The Morgan fingerprint density at radius 1 is 0.330 bits per heavy atom. The Balaban J connectivity index is 5.23. The molecule has 0 aliphatic heterocycles. The second-order valence-corrected chi connectivity index (χ2v) is 29.0. The summed E-state index contributed by atoms with van der Waals surface area (Å²) in [6.45, 7) is 11.8. The van der Waals surface area contributed by atoms with Crippen LogP contribution in [-0.2, 0) is 65.4 Å². The summed E-state index contributed by atoms with van der Waals surface area (Å²) in [6.07, 6.45) is 43.1. The first-order chi connectivity index (χ1) is 42.3. The molecule has 3 unspecified atom stereocenters. The van der Waals surface area contributed by atoms with Crippen molar-refractivity contribution in [3.63, 3.8) is 0 Å². The lowest BCUT2D eigenvalue weighted by Gasteiger charge is -2.21. The third-order valence-electron chi connectivity index (χ3n) is 16.2. The number of aliphatic hydroxyl groups is 1. The zero-order chi connectivity index (χ0) is 65.2. The third-order valence-corrected chi connectivity index (χ3v) is 18.1. The first-order valence-corrected chi connectivity index (χ1v) is 38.9. The number of carbonyl (C=O) groups is 4. The summed E-state index contributed by atoms with van der Waals surface area (Å²) in [6, 6.07) is 0. The molecule has 0 bridgehead atoms. The van der Waals surface area contributed by atoms with Crippen molar-refractivity contribution in [2.24, 2.45) is 17.8 Å². The van der Waals surface area contributed by atoms with E-state index in [0.29, 0.717) is 31.6 Å². The van der Waals surface area contributed by atoms with Crippen molar-refractivity contribution in [2.75, 3.05) is 39.6 Å². The molecule has 17 nitrogen and oxygen atoms in total. The van der Waals surface area contributed by atoms with Gasteiger partial charge in [0.25, 0.3) is 0 Å². The normalized spacial score (nSPS) is 14.5. The number of hydrogen-bond donors (Lipinski definition) is 3. The topological polar surface area (TPSA) is 237 Å². The molecule has 0 radical (unpaired) electrons. The number of rotatable bonds is 67. The minimum absolute atomic E-state index is 0.102. The van der Waals surface area contributed by atoms with E-state index in [9.17, 15) is 43.2 Å². The first-order valence-electron chi connectivity index (χ1n) is 35.9. The molecule has 0 heterocycles. The molecule has 6 atom stereocenters. The van der Waals surface area contributed by atoms with Crippen LogP contribution in [0.5, 0.6) is 0 Å². The van der Waals surface area contributed by atoms with Crippen LogP contribution in [0.3, 0.4) is 0 Å². The maximum absolute atomic E-state index is 13.0. The molecule has 0 aromatic heterocycles. The summed E-state index contributed by atoms with van der Waals surface area (Å²) in [4.78, 5) is 72.4. The summed E-state index contributed by atoms with van der Waals surface area (Å²) in [5, 5.41) is 10.6. The molecule has 19 heteroatoms. The van der Waals surface area contributed by atoms with Crippen LogP contribution >= 0.6 is 15.6 Å². The van der Waals surface area contributed by atoms with Gasteiger partial charge in [-0.05, 0) is 43.4 Å². The molecule has 0 aliphatic rings. The monoisotopic (exact) mass is 1300 g/mol. The average molecular weight is 1300 g/mol. The Morgan fingerprint density at radius 2 is 0.580 bits per heavy atom. The van der Waals surface area contributed by atoms with Gasteiger partial charge in [-0.3, -0.25) is 37.3 Å². The van der Waals surface area contributed by atoms with Crippen molar-refractivity contribution in [1.82, 2.24) is 0 Å². The van der Waals surface area contributed by atoms with E-state index in [1.807, 2.05) is 0 Å². The van der Waals surface area contributed by atoms with E-state index in [1.54, 1.807) is 0 Å². The van der Waals surface area contributed by atoms with Crippen LogP contribution < -0.4 is 0 Å². The minimum Gasteiger partial charge on any atom is -0.462 e. The first kappa shape index (κ1) is 86.1. The van der Waals surface area contributed by atoms with E-state index in [2.05, 4.69) is 48.5 Å². The fourth-order valence-electron chi connectivity index (χ4n) is 10.3. The fourth-order valence-corrected chi connectivity index (χ4v) is 11.9. The van der Waals surface area contributed by atoms with Crippen molar-refractivity contribution >= 4 is 39.5 Å². The van der Waals surface area contributed by atoms with Gasteiger partial charge < -0.3 is 33.8 Å². The number of esters is 4. The number of carbonyl (C=O) groups excluding carboxylic acids is 4. The number of hydrogen-bond acceptors (Lipinski definition) is 15. The maximum atomic E-state index is 13.0. The van der Waals surface area contributed by atoms with Crippen LogP contribution in [0.15, 0.2) is 0 Å². The van der Waals surface area contributed by atoms with Gasteiger partial charge in [0, 0.05) is 25.7 Å². The van der Waals surface area contributed by atoms with Gasteiger partial charge in [0.15, 0.2) is 12.2 Å². The number of unbranched alkanes of at least 4 members (excludes halogenated alkanes) is 34. The maximum Gasteiger partial charge on any atom is 0.472 e. The van der Waals surface area contributed by atoms with Gasteiger partial charge in [0.05, 0.1) is 26.4 Å². The second-order valence-electron chi connectivity index (χ2n) is 26.1. The van der Waals surface area contributed by atoms with Crippen molar-refractivity contribution in [3.8, 4) is 0 Å². The molecule has 522 valence electrons. The molecule has 0 spiro atoms. The van der Waals surface area contributed by atoms with E-state index in [0.717, 1.165) is 108 Å². The van der Waals surface area contributed by atoms with Gasteiger partial charge in [-0.2, -0.15) is 0 Å². The van der Waals surface area contributed by atoms with Crippen LogP contribution in [-0.4, -0.2) is 96.7 Å². The molecule has 0 fully saturated rings. The van der Waals surface area contributed by atoms with Gasteiger partial charge in [-0.25, -0.2) is 9.13 Å². The van der Waals surface area contributed by atoms with Crippen LogP contribution in [0.2, 0.25) is 0 Å². The van der Waals surface area contributed by atoms with Gasteiger partial charge >= 0.3 is 39.5 Å². The number of phosphoric acid groups is 2. The fraction of sp³-hybridized carbons (Fsp3) is 0.942. The van der Waals surface area contributed by atoms with Crippen LogP contribution in [0.1, 0.15) is 344 Å². The molecule has 0 aromatic rings. The Bertz CT molecular complexity index is 1730. The summed E-state index contributed by atoms with van der Waals surface area (Å²) in [5.74, 6) is 0.0913. The second kappa shape index (κ2) is 60.0. The molecular weight excluding hydrogens is 1160 g/mol. The van der Waals surface area contributed by atoms with Gasteiger partial charge in [0.1, 0.15) is 19.3 Å². The molecule has 0 saturated heterocycles. The largest absolute Gasteiger partial charge is 0.472 e. The molecule has 0 aliphatic carbocycles. The molecule has 3 N–H and O–H groups in total. The highest BCUT2D eigenvalue weighted by atomic mass is 31.2. The molecule has 0 aromatic carbocycles. The highest BCUT2D eigenvalue weighted by molar-refractivity contribution is 7.47. The quantitative estimate of drug-likeness (QED) is 0.0222. The molecule has 0 amide bonds. The van der Waals surface area contributed by atoms with E-state index in [1.165, 1.54) is 148 Å². The van der Waals surface area contributed by atoms with E-state index in [4.69, 9.17) is 37.0 Å². The Hall–Kier alpha value is -1.94. The van der Waals surface area contributed by atoms with Gasteiger partial charge in [0.2, 0.25) is 0 Å². The predicted molar refractivity (Wildman–Crippen MR) is 354 cm³/mol. The zero-order valence-electron chi connectivity index (χ0n) is 57.2. The highest BCUT2D eigenvalue weighted by Gasteiger charge is 2.30. The number of ether oxygens (including phenoxy) is 4. The smallest absolute Gasteiger partial charge is 0.462 e.